The first-order valence-electron chi connectivity index (χ1n) is 9.11. The zero-order valence-corrected chi connectivity index (χ0v) is 17.7. The lowest BCUT2D eigenvalue weighted by Gasteiger charge is -2.39. The van der Waals surface area contributed by atoms with Crippen LogP contribution < -0.4 is 20.7 Å². The fourth-order valence-corrected chi connectivity index (χ4v) is 3.34. The molecule has 1 saturated heterocycles. The van der Waals surface area contributed by atoms with Crippen molar-refractivity contribution < 1.29 is 4.74 Å². The number of hydrogen-bond donors (Lipinski definition) is 3. The summed E-state index contributed by atoms with van der Waals surface area (Å²) < 4.78 is 5.63. The molecule has 0 saturated carbocycles. The maximum absolute atomic E-state index is 5.63. The second-order valence-corrected chi connectivity index (χ2v) is 6.48. The minimum atomic E-state index is -0.510. The highest BCUT2D eigenvalue weighted by Crippen LogP contribution is 2.31. The number of halogens is 2. The molecule has 1 atom stereocenters. The molecule has 152 valence electrons. The van der Waals surface area contributed by atoms with E-state index in [4.69, 9.17) is 4.74 Å². The average Bonchev–Trinajstić information content (AvgIpc) is 2.68. The number of piperazine rings is 1. The Balaban J connectivity index is 0.00000182. The van der Waals surface area contributed by atoms with Gasteiger partial charge in [0.2, 0.25) is 0 Å². The maximum atomic E-state index is 5.63. The molecular formula is C19H31Cl2N5O. The lowest BCUT2D eigenvalue weighted by atomic mass is 9.96. The van der Waals surface area contributed by atoms with E-state index in [-0.39, 0.29) is 24.8 Å². The molecule has 2 aliphatic heterocycles. The van der Waals surface area contributed by atoms with Crippen LogP contribution in [0.15, 0.2) is 41.5 Å². The maximum Gasteiger partial charge on any atom is 0.141 e. The molecular weight excluding hydrogens is 385 g/mol. The van der Waals surface area contributed by atoms with Crippen molar-refractivity contribution in [3.05, 3.63) is 42.1 Å². The molecule has 1 fully saturated rings. The van der Waals surface area contributed by atoms with Crippen LogP contribution >= 0.6 is 24.8 Å². The summed E-state index contributed by atoms with van der Waals surface area (Å²) in [5, 5.41) is 10.7. The summed E-state index contributed by atoms with van der Waals surface area (Å²) in [5.41, 5.74) is 0.566. The third-order valence-corrected chi connectivity index (χ3v) is 4.71. The Labute approximate surface area is 174 Å². The van der Waals surface area contributed by atoms with E-state index in [1.54, 1.807) is 7.11 Å². The summed E-state index contributed by atoms with van der Waals surface area (Å²) in [5.74, 6) is 1.87. The largest absolute Gasteiger partial charge is 0.496 e. The molecule has 0 spiro atoms. The minimum Gasteiger partial charge on any atom is -0.496 e. The Kier molecular flexibility index (Phi) is 10.1. The van der Waals surface area contributed by atoms with Crippen molar-refractivity contribution in [2.24, 2.45) is 4.99 Å². The minimum absolute atomic E-state index is 0. The van der Waals surface area contributed by atoms with Crippen molar-refractivity contribution in [2.45, 2.75) is 25.4 Å². The van der Waals surface area contributed by atoms with Crippen molar-refractivity contribution >= 4 is 30.6 Å². The second-order valence-electron chi connectivity index (χ2n) is 6.48. The van der Waals surface area contributed by atoms with Gasteiger partial charge in [0.1, 0.15) is 17.2 Å². The standard InChI is InChI=1S/C19H29N5O.2ClH/c1-3-6-18-21-10-9-19(23-18,16-7-4-5-8-17(16)25-2)22-15-24-13-11-20-12-14-24;;/h4-5,7-10,20,22H,3,6,11-15H2,1-2H3,(H,21,23);2*1H. The molecule has 2 aliphatic rings. The fraction of sp³-hybridized carbons (Fsp3) is 0.526. The molecule has 1 unspecified atom stereocenters. The Bertz CT molecular complexity index is 634. The predicted molar refractivity (Wildman–Crippen MR) is 116 cm³/mol. The van der Waals surface area contributed by atoms with Crippen LogP contribution in [0.25, 0.3) is 0 Å². The van der Waals surface area contributed by atoms with Gasteiger partial charge in [-0.3, -0.25) is 10.2 Å². The highest BCUT2D eigenvalue weighted by molar-refractivity contribution is 5.86. The molecule has 27 heavy (non-hydrogen) atoms. The molecule has 3 rings (SSSR count). The van der Waals surface area contributed by atoms with Crippen molar-refractivity contribution in [1.29, 1.82) is 0 Å². The summed E-state index contributed by atoms with van der Waals surface area (Å²) in [6.45, 7) is 7.14. The third kappa shape index (κ3) is 5.83. The number of hydrogen-bond acceptors (Lipinski definition) is 6. The van der Waals surface area contributed by atoms with Crippen LogP contribution in [-0.4, -0.2) is 50.7 Å². The van der Waals surface area contributed by atoms with Crippen molar-refractivity contribution in [2.75, 3.05) is 40.0 Å². The number of para-hydroxylation sites is 1. The van der Waals surface area contributed by atoms with Crippen LogP contribution in [0.2, 0.25) is 0 Å². The quantitative estimate of drug-likeness (QED) is 0.638. The SMILES string of the molecule is CCCC1=NC=CC(NCN2CCNCC2)(c2ccccc2OC)N1.Cl.Cl. The lowest BCUT2D eigenvalue weighted by molar-refractivity contribution is 0.191. The van der Waals surface area contributed by atoms with E-state index in [1.807, 2.05) is 24.4 Å². The van der Waals surface area contributed by atoms with Gasteiger partial charge in [-0.15, -0.1) is 24.8 Å². The number of aliphatic imine (C=N–C) groups is 1. The molecule has 1 aromatic rings. The Morgan fingerprint density at radius 1 is 1.22 bits per heavy atom. The smallest absolute Gasteiger partial charge is 0.141 e. The van der Waals surface area contributed by atoms with Crippen molar-refractivity contribution in [1.82, 2.24) is 20.9 Å². The normalized spacial score (nSPS) is 22.1. The first kappa shape index (κ1) is 23.7. The first-order chi connectivity index (χ1) is 12.3. The molecule has 0 aromatic heterocycles. The molecule has 8 heteroatoms. The van der Waals surface area contributed by atoms with Gasteiger partial charge in [-0.1, -0.05) is 25.1 Å². The van der Waals surface area contributed by atoms with Gasteiger partial charge >= 0.3 is 0 Å². The van der Waals surface area contributed by atoms with Gasteiger partial charge in [0.25, 0.3) is 0 Å². The van der Waals surface area contributed by atoms with E-state index in [1.165, 1.54) is 0 Å². The van der Waals surface area contributed by atoms with Crippen LogP contribution in [0.4, 0.5) is 0 Å². The van der Waals surface area contributed by atoms with E-state index in [2.05, 4.69) is 44.9 Å². The van der Waals surface area contributed by atoms with Gasteiger partial charge in [0.05, 0.1) is 13.8 Å². The fourth-order valence-electron chi connectivity index (χ4n) is 3.34. The van der Waals surface area contributed by atoms with Crippen LogP contribution in [0, 0.1) is 0 Å². The van der Waals surface area contributed by atoms with Crippen molar-refractivity contribution in [3.8, 4) is 5.75 Å². The van der Waals surface area contributed by atoms with E-state index >= 15 is 0 Å². The number of amidine groups is 1. The first-order valence-corrected chi connectivity index (χ1v) is 9.11. The van der Waals surface area contributed by atoms with Crippen LogP contribution in [0.5, 0.6) is 5.75 Å². The number of ether oxygens (including phenoxy) is 1. The molecule has 0 aliphatic carbocycles. The zero-order chi connectivity index (χ0) is 17.5. The van der Waals surface area contributed by atoms with E-state index in [0.717, 1.165) is 62.8 Å². The summed E-state index contributed by atoms with van der Waals surface area (Å²) >= 11 is 0. The average molecular weight is 416 g/mol. The number of rotatable bonds is 7. The molecule has 1 aromatic carbocycles. The lowest BCUT2D eigenvalue weighted by Crippen LogP contribution is -2.59. The van der Waals surface area contributed by atoms with E-state index in [0.29, 0.717) is 0 Å². The van der Waals surface area contributed by atoms with Crippen LogP contribution in [0.3, 0.4) is 0 Å². The molecule has 0 bridgehead atoms. The van der Waals surface area contributed by atoms with Crippen LogP contribution in [0.1, 0.15) is 25.3 Å². The zero-order valence-electron chi connectivity index (χ0n) is 16.0. The third-order valence-electron chi connectivity index (χ3n) is 4.71. The highest BCUT2D eigenvalue weighted by atomic mass is 35.5. The molecule has 2 heterocycles. The summed E-state index contributed by atoms with van der Waals surface area (Å²) in [6, 6.07) is 8.16. The van der Waals surface area contributed by atoms with E-state index < -0.39 is 5.66 Å². The highest BCUT2D eigenvalue weighted by Gasteiger charge is 2.34. The van der Waals surface area contributed by atoms with E-state index in [9.17, 15) is 0 Å². The van der Waals surface area contributed by atoms with Crippen LogP contribution in [-0.2, 0) is 5.66 Å². The number of methoxy groups -OCH3 is 1. The topological polar surface area (TPSA) is 60.9 Å². The molecule has 6 nitrogen and oxygen atoms in total. The number of nitrogens with one attached hydrogen (secondary N) is 3. The van der Waals surface area contributed by atoms with Gasteiger partial charge in [0, 0.05) is 44.4 Å². The van der Waals surface area contributed by atoms with Gasteiger partial charge in [0.15, 0.2) is 0 Å². The van der Waals surface area contributed by atoms with Gasteiger partial charge in [-0.25, -0.2) is 4.99 Å². The molecule has 0 amide bonds. The second kappa shape index (κ2) is 11.5. The molecule has 3 N–H and O–H groups in total. The van der Waals surface area contributed by atoms with Crippen molar-refractivity contribution in [3.63, 3.8) is 0 Å². The Morgan fingerprint density at radius 2 is 1.96 bits per heavy atom. The Hall–Kier alpha value is -1.31. The number of nitrogens with zero attached hydrogens (tertiary/aromatic N) is 2. The summed E-state index contributed by atoms with van der Waals surface area (Å²) in [7, 11) is 1.72. The Morgan fingerprint density at radius 3 is 2.67 bits per heavy atom. The summed E-state index contributed by atoms with van der Waals surface area (Å²) in [6.07, 6.45) is 5.97. The summed E-state index contributed by atoms with van der Waals surface area (Å²) in [4.78, 5) is 6.94. The van der Waals surface area contributed by atoms with Gasteiger partial charge in [-0.05, 0) is 18.6 Å². The predicted octanol–water partition coefficient (Wildman–Crippen LogP) is 2.46. The molecule has 0 radical (unpaired) electrons. The van der Waals surface area contributed by atoms with Gasteiger partial charge in [-0.2, -0.15) is 0 Å². The number of benzene rings is 1. The monoisotopic (exact) mass is 415 g/mol. The van der Waals surface area contributed by atoms with Gasteiger partial charge < -0.3 is 15.4 Å².